The van der Waals surface area contributed by atoms with E-state index in [2.05, 4.69) is 13.0 Å². The fourth-order valence-electron chi connectivity index (χ4n) is 3.13. The van der Waals surface area contributed by atoms with Crippen LogP contribution in [0, 0.1) is 5.92 Å². The molecule has 0 bridgehead atoms. The van der Waals surface area contributed by atoms with Gasteiger partial charge in [-0.05, 0) is 43.4 Å². The van der Waals surface area contributed by atoms with Crippen molar-refractivity contribution in [2.75, 3.05) is 0 Å². The lowest BCUT2D eigenvalue weighted by molar-refractivity contribution is -0.0508. The largest absolute Gasteiger partial charge is 0.369 e. The molecule has 4 atom stereocenters. The summed E-state index contributed by atoms with van der Waals surface area (Å²) < 4.78 is 6.34. The van der Waals surface area contributed by atoms with Crippen molar-refractivity contribution in [3.8, 4) is 0 Å². The zero-order valence-electron chi connectivity index (χ0n) is 12.5. The molecular formula is C17H26ClNO. The Balaban J connectivity index is 2.06. The highest BCUT2D eigenvalue weighted by atomic mass is 35.5. The summed E-state index contributed by atoms with van der Waals surface area (Å²) in [5.41, 5.74) is 7.22. The van der Waals surface area contributed by atoms with Crippen LogP contribution in [0.25, 0.3) is 0 Å². The van der Waals surface area contributed by atoms with E-state index in [1.165, 1.54) is 25.7 Å². The monoisotopic (exact) mass is 295 g/mol. The quantitative estimate of drug-likeness (QED) is 0.853. The Hall–Kier alpha value is -0.570. The zero-order chi connectivity index (χ0) is 14.5. The van der Waals surface area contributed by atoms with Gasteiger partial charge in [-0.2, -0.15) is 0 Å². The standard InChI is InChI=1S/C17H26ClNO/c1-3-13-6-4-9-16(10-13)20-17(12(2)19)14-7-5-8-15(18)11-14/h5,7-8,11-13,16-17H,3-4,6,9-10,19H2,1-2H3. The van der Waals surface area contributed by atoms with Gasteiger partial charge in [0.1, 0.15) is 0 Å². The third kappa shape index (κ3) is 4.21. The Bertz CT molecular complexity index is 421. The number of benzene rings is 1. The molecule has 0 saturated heterocycles. The molecule has 1 aromatic rings. The third-order valence-electron chi connectivity index (χ3n) is 4.31. The number of hydrogen-bond donors (Lipinski definition) is 1. The SMILES string of the molecule is CCC1CCCC(OC(c2cccc(Cl)c2)C(C)N)C1. The van der Waals surface area contributed by atoms with Gasteiger partial charge in [0, 0.05) is 11.1 Å². The van der Waals surface area contributed by atoms with Gasteiger partial charge in [0.05, 0.1) is 12.2 Å². The molecule has 0 amide bonds. The molecular weight excluding hydrogens is 270 g/mol. The number of nitrogens with two attached hydrogens (primary N) is 1. The van der Waals surface area contributed by atoms with E-state index < -0.39 is 0 Å². The van der Waals surface area contributed by atoms with Crippen molar-refractivity contribution in [3.05, 3.63) is 34.9 Å². The summed E-state index contributed by atoms with van der Waals surface area (Å²) >= 11 is 6.09. The van der Waals surface area contributed by atoms with E-state index in [9.17, 15) is 0 Å². The molecule has 0 aromatic heterocycles. The molecule has 0 radical (unpaired) electrons. The minimum Gasteiger partial charge on any atom is -0.369 e. The van der Waals surface area contributed by atoms with E-state index in [-0.39, 0.29) is 12.1 Å². The minimum absolute atomic E-state index is 0.0320. The van der Waals surface area contributed by atoms with Gasteiger partial charge in [0.2, 0.25) is 0 Å². The molecule has 1 saturated carbocycles. The first-order valence-corrected chi connectivity index (χ1v) is 8.14. The molecule has 1 aliphatic rings. The minimum atomic E-state index is -0.0608. The molecule has 0 aliphatic heterocycles. The van der Waals surface area contributed by atoms with Crippen LogP contribution in [0.15, 0.2) is 24.3 Å². The lowest BCUT2D eigenvalue weighted by Gasteiger charge is -2.33. The van der Waals surface area contributed by atoms with Gasteiger partial charge in [0.25, 0.3) is 0 Å². The van der Waals surface area contributed by atoms with E-state index in [4.69, 9.17) is 22.1 Å². The van der Waals surface area contributed by atoms with Gasteiger partial charge in [-0.3, -0.25) is 0 Å². The summed E-state index contributed by atoms with van der Waals surface area (Å²) in [5.74, 6) is 0.807. The van der Waals surface area contributed by atoms with Crippen molar-refractivity contribution < 1.29 is 4.74 Å². The summed E-state index contributed by atoms with van der Waals surface area (Å²) in [7, 11) is 0. The molecule has 2 N–H and O–H groups in total. The smallest absolute Gasteiger partial charge is 0.0977 e. The Kier molecular flexibility index (Phi) is 5.88. The van der Waals surface area contributed by atoms with Crippen LogP contribution in [-0.2, 0) is 4.74 Å². The molecule has 3 heteroatoms. The Morgan fingerprint density at radius 2 is 2.20 bits per heavy atom. The van der Waals surface area contributed by atoms with Crippen molar-refractivity contribution in [1.82, 2.24) is 0 Å². The predicted octanol–water partition coefficient (Wildman–Crippen LogP) is 4.71. The summed E-state index contributed by atoms with van der Waals surface area (Å²) in [4.78, 5) is 0. The molecule has 1 fully saturated rings. The molecule has 4 unspecified atom stereocenters. The van der Waals surface area contributed by atoms with Crippen molar-refractivity contribution in [1.29, 1.82) is 0 Å². The van der Waals surface area contributed by atoms with Gasteiger partial charge < -0.3 is 10.5 Å². The normalized spacial score (nSPS) is 26.2. The Labute approximate surface area is 127 Å². The van der Waals surface area contributed by atoms with Crippen LogP contribution in [0.5, 0.6) is 0 Å². The average molecular weight is 296 g/mol. The first kappa shape index (κ1) is 15.8. The van der Waals surface area contributed by atoms with Crippen molar-refractivity contribution in [2.24, 2.45) is 11.7 Å². The summed E-state index contributed by atoms with van der Waals surface area (Å²) in [6, 6.07) is 7.84. The van der Waals surface area contributed by atoms with E-state index in [0.717, 1.165) is 22.9 Å². The molecule has 2 rings (SSSR count). The van der Waals surface area contributed by atoms with Crippen LogP contribution in [0.3, 0.4) is 0 Å². The van der Waals surface area contributed by atoms with Crippen LogP contribution in [0.1, 0.15) is 57.6 Å². The van der Waals surface area contributed by atoms with E-state index >= 15 is 0 Å². The highest BCUT2D eigenvalue weighted by Crippen LogP contribution is 2.33. The second kappa shape index (κ2) is 7.44. The first-order valence-electron chi connectivity index (χ1n) is 7.76. The van der Waals surface area contributed by atoms with Crippen molar-refractivity contribution in [2.45, 2.75) is 64.2 Å². The lowest BCUT2D eigenvalue weighted by atomic mass is 9.85. The van der Waals surface area contributed by atoms with Crippen LogP contribution in [0.4, 0.5) is 0 Å². The fraction of sp³-hybridized carbons (Fsp3) is 0.647. The van der Waals surface area contributed by atoms with Gasteiger partial charge >= 0.3 is 0 Å². The number of hydrogen-bond acceptors (Lipinski definition) is 2. The maximum Gasteiger partial charge on any atom is 0.0977 e. The Morgan fingerprint density at radius 1 is 1.40 bits per heavy atom. The second-order valence-corrected chi connectivity index (χ2v) is 6.47. The molecule has 1 aromatic carbocycles. The maximum atomic E-state index is 6.34. The highest BCUT2D eigenvalue weighted by Gasteiger charge is 2.26. The molecule has 112 valence electrons. The molecule has 2 nitrogen and oxygen atoms in total. The van der Waals surface area contributed by atoms with Gasteiger partial charge in [0.15, 0.2) is 0 Å². The number of rotatable bonds is 5. The first-order chi connectivity index (χ1) is 9.60. The number of halogens is 1. The van der Waals surface area contributed by atoms with Crippen LogP contribution >= 0.6 is 11.6 Å². The van der Waals surface area contributed by atoms with Crippen molar-refractivity contribution in [3.63, 3.8) is 0 Å². The van der Waals surface area contributed by atoms with Crippen LogP contribution < -0.4 is 5.73 Å². The van der Waals surface area contributed by atoms with Crippen molar-refractivity contribution >= 4 is 11.6 Å². The summed E-state index contributed by atoms with van der Waals surface area (Å²) in [5, 5.41) is 0.742. The maximum absolute atomic E-state index is 6.34. The topological polar surface area (TPSA) is 35.2 Å². The predicted molar refractivity (Wildman–Crippen MR) is 85.0 cm³/mol. The van der Waals surface area contributed by atoms with E-state index in [1.807, 2.05) is 25.1 Å². The molecule has 1 aliphatic carbocycles. The summed E-state index contributed by atoms with van der Waals surface area (Å²) in [6.45, 7) is 4.28. The van der Waals surface area contributed by atoms with Gasteiger partial charge in [-0.1, -0.05) is 49.9 Å². The lowest BCUT2D eigenvalue weighted by Crippen LogP contribution is -2.32. The molecule has 0 spiro atoms. The molecule has 0 heterocycles. The van der Waals surface area contributed by atoms with Crippen LogP contribution in [-0.4, -0.2) is 12.1 Å². The number of ether oxygens (including phenoxy) is 1. The van der Waals surface area contributed by atoms with E-state index in [1.54, 1.807) is 0 Å². The van der Waals surface area contributed by atoms with Gasteiger partial charge in [-0.15, -0.1) is 0 Å². The molecule has 20 heavy (non-hydrogen) atoms. The zero-order valence-corrected chi connectivity index (χ0v) is 13.3. The third-order valence-corrected chi connectivity index (χ3v) is 4.54. The van der Waals surface area contributed by atoms with Crippen LogP contribution in [0.2, 0.25) is 5.02 Å². The highest BCUT2D eigenvalue weighted by molar-refractivity contribution is 6.30. The average Bonchev–Trinajstić information content (AvgIpc) is 2.44. The summed E-state index contributed by atoms with van der Waals surface area (Å²) in [6.07, 6.45) is 6.46. The van der Waals surface area contributed by atoms with E-state index in [0.29, 0.717) is 6.10 Å². The second-order valence-electron chi connectivity index (χ2n) is 6.03. The van der Waals surface area contributed by atoms with Gasteiger partial charge in [-0.25, -0.2) is 0 Å². The fourth-order valence-corrected chi connectivity index (χ4v) is 3.33. The Morgan fingerprint density at radius 3 is 2.85 bits per heavy atom.